The average Bonchev–Trinajstić information content (AvgIpc) is 2.75. The summed E-state index contributed by atoms with van der Waals surface area (Å²) in [6.07, 6.45) is 10.7. The van der Waals surface area contributed by atoms with Crippen molar-refractivity contribution in [1.29, 1.82) is 0 Å². The van der Waals surface area contributed by atoms with E-state index in [1.54, 1.807) is 25.7 Å². The number of nitrogens with one attached hydrogen (secondary N) is 1. The van der Waals surface area contributed by atoms with Crippen molar-refractivity contribution in [2.24, 2.45) is 5.92 Å². The molecule has 0 unspecified atom stereocenters. The lowest BCUT2D eigenvalue weighted by molar-refractivity contribution is 0.188. The number of pyridine rings is 1. The van der Waals surface area contributed by atoms with Crippen molar-refractivity contribution < 1.29 is 9.84 Å². The molecular formula is C23H28N4O2. The van der Waals surface area contributed by atoms with Crippen LogP contribution in [0.15, 0.2) is 43.0 Å². The quantitative estimate of drug-likeness (QED) is 0.597. The number of hydrogen-bond donors (Lipinski definition) is 2. The predicted molar refractivity (Wildman–Crippen MR) is 114 cm³/mol. The highest BCUT2D eigenvalue weighted by Gasteiger charge is 2.22. The predicted octanol–water partition coefficient (Wildman–Crippen LogP) is 3.73. The molecule has 1 saturated carbocycles. The van der Waals surface area contributed by atoms with Crippen LogP contribution in [0.25, 0.3) is 22.0 Å². The Morgan fingerprint density at radius 1 is 1.07 bits per heavy atom. The van der Waals surface area contributed by atoms with Gasteiger partial charge in [-0.25, -0.2) is 9.97 Å². The summed E-state index contributed by atoms with van der Waals surface area (Å²) < 4.78 is 5.13. The molecule has 2 N–H and O–H groups in total. The number of fused-ring (bicyclic) bond motifs is 1. The second-order valence-corrected chi connectivity index (χ2v) is 7.85. The fraction of sp³-hybridized carbons (Fsp3) is 0.435. The van der Waals surface area contributed by atoms with E-state index in [0.717, 1.165) is 47.3 Å². The summed E-state index contributed by atoms with van der Waals surface area (Å²) in [6, 6.07) is 8.51. The van der Waals surface area contributed by atoms with Gasteiger partial charge in [0.2, 0.25) is 0 Å². The van der Waals surface area contributed by atoms with Crippen LogP contribution in [0.5, 0.6) is 5.75 Å². The summed E-state index contributed by atoms with van der Waals surface area (Å²) in [7, 11) is 1.74. The van der Waals surface area contributed by atoms with Crippen LogP contribution in [0.3, 0.4) is 0 Å². The van der Waals surface area contributed by atoms with Gasteiger partial charge in [-0.1, -0.05) is 6.07 Å². The first-order valence-electron chi connectivity index (χ1n) is 10.3. The van der Waals surface area contributed by atoms with Gasteiger partial charge in [-0.15, -0.1) is 0 Å². The first-order chi connectivity index (χ1) is 14.2. The van der Waals surface area contributed by atoms with Crippen LogP contribution >= 0.6 is 0 Å². The minimum absolute atomic E-state index is 0.169. The normalized spacial score (nSPS) is 19.5. The van der Waals surface area contributed by atoms with E-state index >= 15 is 0 Å². The number of ether oxygens (including phenoxy) is 1. The molecule has 2 aromatic heterocycles. The van der Waals surface area contributed by atoms with E-state index in [9.17, 15) is 5.11 Å². The summed E-state index contributed by atoms with van der Waals surface area (Å²) in [5.74, 6) is 0.822. The molecular weight excluding hydrogens is 364 g/mol. The molecule has 0 saturated heterocycles. The molecule has 0 amide bonds. The highest BCUT2D eigenvalue weighted by Crippen LogP contribution is 2.31. The highest BCUT2D eigenvalue weighted by atomic mass is 16.5. The van der Waals surface area contributed by atoms with Crippen LogP contribution in [0.1, 0.15) is 31.4 Å². The summed E-state index contributed by atoms with van der Waals surface area (Å²) in [6.45, 7) is 1.69. The molecule has 0 bridgehead atoms. The van der Waals surface area contributed by atoms with Crippen LogP contribution in [0.4, 0.5) is 0 Å². The zero-order chi connectivity index (χ0) is 20.1. The van der Waals surface area contributed by atoms with Crippen LogP contribution in [-0.4, -0.2) is 46.4 Å². The second kappa shape index (κ2) is 9.29. The van der Waals surface area contributed by atoms with Crippen LogP contribution in [0, 0.1) is 5.92 Å². The standard InChI is InChI=1S/C23H28N4O2/c1-29-9-8-25-19-5-2-16(3-6-19)10-23-21-12-17(4-7-22(21)26-15-27-23)18-11-20(28)14-24-13-18/h4,7,11-16,19,25,28H,2-3,5-6,8-10H2,1H3/t16-,19-. The number of methoxy groups -OCH3 is 1. The number of nitrogens with zero attached hydrogens (tertiary/aromatic N) is 3. The number of rotatable bonds is 7. The van der Waals surface area contributed by atoms with Crippen molar-refractivity contribution in [2.75, 3.05) is 20.3 Å². The first kappa shape index (κ1) is 19.7. The zero-order valence-electron chi connectivity index (χ0n) is 16.8. The number of benzene rings is 1. The Morgan fingerprint density at radius 2 is 1.93 bits per heavy atom. The van der Waals surface area contributed by atoms with Gasteiger partial charge in [-0.3, -0.25) is 4.98 Å². The maximum atomic E-state index is 9.75. The van der Waals surface area contributed by atoms with Gasteiger partial charge >= 0.3 is 0 Å². The fourth-order valence-corrected chi connectivity index (χ4v) is 4.25. The number of aromatic nitrogens is 3. The SMILES string of the molecule is COCCN[C@H]1CC[C@H](Cc2ncnc3ccc(-c4cncc(O)c4)cc23)CC1. The molecule has 1 aromatic carbocycles. The van der Waals surface area contributed by atoms with E-state index in [0.29, 0.717) is 12.0 Å². The lowest BCUT2D eigenvalue weighted by atomic mass is 9.83. The van der Waals surface area contributed by atoms with E-state index in [1.165, 1.54) is 31.9 Å². The second-order valence-electron chi connectivity index (χ2n) is 7.85. The molecule has 1 aliphatic carbocycles. The number of hydrogen-bond acceptors (Lipinski definition) is 6. The molecule has 0 radical (unpaired) electrons. The van der Waals surface area contributed by atoms with Gasteiger partial charge in [0, 0.05) is 36.8 Å². The third kappa shape index (κ3) is 4.89. The van der Waals surface area contributed by atoms with Crippen molar-refractivity contribution in [1.82, 2.24) is 20.3 Å². The molecule has 6 nitrogen and oxygen atoms in total. The van der Waals surface area contributed by atoms with Gasteiger partial charge in [0.25, 0.3) is 0 Å². The largest absolute Gasteiger partial charge is 0.506 e. The lowest BCUT2D eigenvalue weighted by Gasteiger charge is -2.29. The molecule has 6 heteroatoms. The molecule has 3 aromatic rings. The minimum atomic E-state index is 0.169. The van der Waals surface area contributed by atoms with Gasteiger partial charge in [-0.05, 0) is 61.8 Å². The molecule has 1 fully saturated rings. The van der Waals surface area contributed by atoms with Gasteiger partial charge in [0.15, 0.2) is 0 Å². The third-order valence-corrected chi connectivity index (χ3v) is 5.84. The maximum absolute atomic E-state index is 9.75. The molecule has 1 aliphatic rings. The van der Waals surface area contributed by atoms with E-state index in [4.69, 9.17) is 4.74 Å². The Balaban J connectivity index is 1.48. The molecule has 0 spiro atoms. The molecule has 0 aliphatic heterocycles. The molecule has 4 rings (SSSR count). The van der Waals surface area contributed by atoms with Crippen molar-refractivity contribution in [2.45, 2.75) is 38.1 Å². The topological polar surface area (TPSA) is 80.2 Å². The smallest absolute Gasteiger partial charge is 0.134 e. The Kier molecular flexibility index (Phi) is 6.32. The monoisotopic (exact) mass is 392 g/mol. The minimum Gasteiger partial charge on any atom is -0.506 e. The molecule has 152 valence electrons. The zero-order valence-corrected chi connectivity index (χ0v) is 16.8. The molecule has 29 heavy (non-hydrogen) atoms. The van der Waals surface area contributed by atoms with Crippen LogP contribution in [0.2, 0.25) is 0 Å². The van der Waals surface area contributed by atoms with E-state index in [2.05, 4.69) is 26.3 Å². The van der Waals surface area contributed by atoms with E-state index in [1.807, 2.05) is 12.1 Å². The van der Waals surface area contributed by atoms with E-state index < -0.39 is 0 Å². The van der Waals surface area contributed by atoms with Crippen molar-refractivity contribution in [3.05, 3.63) is 48.7 Å². The van der Waals surface area contributed by atoms with Crippen molar-refractivity contribution in [3.8, 4) is 16.9 Å². The third-order valence-electron chi connectivity index (χ3n) is 5.84. The summed E-state index contributed by atoms with van der Waals surface area (Å²) >= 11 is 0. The number of aromatic hydroxyl groups is 1. The van der Waals surface area contributed by atoms with Crippen molar-refractivity contribution >= 4 is 10.9 Å². The highest BCUT2D eigenvalue weighted by molar-refractivity contribution is 5.86. The maximum Gasteiger partial charge on any atom is 0.134 e. The fourth-order valence-electron chi connectivity index (χ4n) is 4.25. The van der Waals surface area contributed by atoms with Crippen LogP contribution in [-0.2, 0) is 11.2 Å². The van der Waals surface area contributed by atoms with Gasteiger partial charge < -0.3 is 15.2 Å². The van der Waals surface area contributed by atoms with Crippen molar-refractivity contribution in [3.63, 3.8) is 0 Å². The van der Waals surface area contributed by atoms with Gasteiger partial charge in [-0.2, -0.15) is 0 Å². The summed E-state index contributed by atoms with van der Waals surface area (Å²) in [5, 5.41) is 14.4. The summed E-state index contributed by atoms with van der Waals surface area (Å²) in [5.41, 5.74) is 3.98. The Bertz CT molecular complexity index is 955. The molecule has 2 heterocycles. The summed E-state index contributed by atoms with van der Waals surface area (Å²) in [4.78, 5) is 13.2. The average molecular weight is 393 g/mol. The Morgan fingerprint density at radius 3 is 2.72 bits per heavy atom. The molecule has 0 atom stereocenters. The lowest BCUT2D eigenvalue weighted by Crippen LogP contribution is -2.35. The van der Waals surface area contributed by atoms with Gasteiger partial charge in [0.1, 0.15) is 12.1 Å². The Labute approximate surface area is 171 Å². The Hall–Kier alpha value is -2.57. The van der Waals surface area contributed by atoms with E-state index in [-0.39, 0.29) is 5.75 Å². The van der Waals surface area contributed by atoms with Crippen LogP contribution < -0.4 is 5.32 Å². The van der Waals surface area contributed by atoms with Gasteiger partial charge in [0.05, 0.1) is 24.0 Å². The first-order valence-corrected chi connectivity index (χ1v) is 10.3.